The van der Waals surface area contributed by atoms with Crippen LogP contribution in [0.5, 0.6) is 0 Å². The molecule has 0 aliphatic carbocycles. The van der Waals surface area contributed by atoms with Crippen LogP contribution in [-0.2, 0) is 10.0 Å². The first-order valence-corrected chi connectivity index (χ1v) is 11.5. The molecule has 0 fully saturated rings. The number of primary sulfonamides is 1. The smallest absolute Gasteiger partial charge is 0.258 e. The molecule has 3 heterocycles. The molecule has 3 aromatic heterocycles. The SMILES string of the molecule is NS(=O)(=O)c1ccc(NC(=O)c2ccc(-c3cnc4ccc(-c5cn[nH]c5)cn34)cc2F)cc1. The number of carbonyl (C=O) groups is 1. The van der Waals surface area contributed by atoms with E-state index in [-0.39, 0.29) is 10.5 Å². The minimum absolute atomic E-state index is 0.0926. The van der Waals surface area contributed by atoms with Crippen LogP contribution in [0.25, 0.3) is 28.0 Å². The maximum atomic E-state index is 14.9. The second-order valence-corrected chi connectivity index (χ2v) is 9.06. The third-order valence-electron chi connectivity index (χ3n) is 5.29. The Bertz CT molecular complexity index is 1630. The zero-order valence-electron chi connectivity index (χ0n) is 17.4. The Morgan fingerprint density at radius 1 is 1.00 bits per heavy atom. The fraction of sp³-hybridized carbons (Fsp3) is 0. The average Bonchev–Trinajstić information content (AvgIpc) is 3.48. The van der Waals surface area contributed by atoms with Crippen molar-refractivity contribution in [2.45, 2.75) is 4.90 Å². The third kappa shape index (κ3) is 4.05. The summed E-state index contributed by atoms with van der Waals surface area (Å²) in [6.45, 7) is 0. The summed E-state index contributed by atoms with van der Waals surface area (Å²) in [5.41, 5.74) is 3.84. The van der Waals surface area contributed by atoms with Crippen molar-refractivity contribution in [2.75, 3.05) is 5.32 Å². The number of aromatic amines is 1. The number of fused-ring (bicyclic) bond motifs is 1. The van der Waals surface area contributed by atoms with Gasteiger partial charge in [-0.3, -0.25) is 14.3 Å². The molecule has 0 atom stereocenters. The number of pyridine rings is 1. The highest BCUT2D eigenvalue weighted by Crippen LogP contribution is 2.26. The largest absolute Gasteiger partial charge is 0.322 e. The molecule has 0 aliphatic rings. The Labute approximate surface area is 193 Å². The summed E-state index contributed by atoms with van der Waals surface area (Å²) in [6.07, 6.45) is 6.99. The van der Waals surface area contributed by atoms with Gasteiger partial charge in [-0.2, -0.15) is 5.10 Å². The number of aromatic nitrogens is 4. The number of H-pyrrole nitrogens is 1. The van der Waals surface area contributed by atoms with Gasteiger partial charge in [0, 0.05) is 34.8 Å². The lowest BCUT2D eigenvalue weighted by molar-refractivity contribution is 0.102. The first-order chi connectivity index (χ1) is 16.3. The summed E-state index contributed by atoms with van der Waals surface area (Å²) in [5.74, 6) is -1.38. The molecule has 9 nitrogen and oxygen atoms in total. The number of imidazole rings is 1. The molecule has 0 aliphatic heterocycles. The Morgan fingerprint density at radius 2 is 1.76 bits per heavy atom. The number of nitrogens with zero attached hydrogens (tertiary/aromatic N) is 3. The van der Waals surface area contributed by atoms with Crippen LogP contribution in [0.4, 0.5) is 10.1 Å². The van der Waals surface area contributed by atoms with Gasteiger partial charge < -0.3 is 5.32 Å². The maximum Gasteiger partial charge on any atom is 0.258 e. The number of hydrogen-bond acceptors (Lipinski definition) is 5. The van der Waals surface area contributed by atoms with Gasteiger partial charge in [-0.25, -0.2) is 22.9 Å². The quantitative estimate of drug-likeness (QED) is 0.357. The normalized spacial score (nSPS) is 11.6. The van der Waals surface area contributed by atoms with Crippen LogP contribution < -0.4 is 10.5 Å². The van der Waals surface area contributed by atoms with Crippen molar-refractivity contribution in [1.29, 1.82) is 0 Å². The molecule has 34 heavy (non-hydrogen) atoms. The lowest BCUT2D eigenvalue weighted by atomic mass is 10.1. The number of carbonyl (C=O) groups excluding carboxylic acids is 1. The molecule has 11 heteroatoms. The molecular formula is C23H17FN6O3S. The van der Waals surface area contributed by atoms with Crippen LogP contribution in [0.2, 0.25) is 0 Å². The van der Waals surface area contributed by atoms with E-state index in [9.17, 15) is 17.6 Å². The van der Waals surface area contributed by atoms with Gasteiger partial charge in [0.25, 0.3) is 5.91 Å². The Hall–Kier alpha value is -4.35. The fourth-order valence-corrected chi connectivity index (χ4v) is 4.07. The highest BCUT2D eigenvalue weighted by molar-refractivity contribution is 7.89. The molecule has 1 amide bonds. The highest BCUT2D eigenvalue weighted by Gasteiger charge is 2.16. The first-order valence-electron chi connectivity index (χ1n) is 10.00. The van der Waals surface area contributed by atoms with Crippen molar-refractivity contribution in [3.63, 3.8) is 0 Å². The van der Waals surface area contributed by atoms with Crippen LogP contribution in [-0.4, -0.2) is 33.9 Å². The first kappa shape index (κ1) is 21.5. The summed E-state index contributed by atoms with van der Waals surface area (Å²) in [6, 6.07) is 13.3. The van der Waals surface area contributed by atoms with Crippen molar-refractivity contribution < 1.29 is 17.6 Å². The van der Waals surface area contributed by atoms with Gasteiger partial charge in [0.15, 0.2) is 0 Å². The number of anilines is 1. The lowest BCUT2D eigenvalue weighted by Crippen LogP contribution is -2.15. The van der Waals surface area contributed by atoms with Crippen molar-refractivity contribution in [2.24, 2.45) is 5.14 Å². The summed E-state index contributed by atoms with van der Waals surface area (Å²) < 4.78 is 39.5. The molecule has 0 spiro atoms. The zero-order valence-corrected chi connectivity index (χ0v) is 18.3. The van der Waals surface area contributed by atoms with Crippen LogP contribution in [0.3, 0.4) is 0 Å². The van der Waals surface area contributed by atoms with E-state index in [0.717, 1.165) is 11.1 Å². The second-order valence-electron chi connectivity index (χ2n) is 7.49. The predicted octanol–water partition coefficient (Wildman–Crippen LogP) is 3.43. The molecule has 0 bridgehead atoms. The second kappa shape index (κ2) is 8.21. The molecule has 5 aromatic rings. The van der Waals surface area contributed by atoms with E-state index in [1.54, 1.807) is 24.7 Å². The number of nitrogens with one attached hydrogen (secondary N) is 2. The van der Waals surface area contributed by atoms with Crippen molar-refractivity contribution in [3.8, 4) is 22.4 Å². The molecule has 4 N–H and O–H groups in total. The molecule has 0 unspecified atom stereocenters. The minimum Gasteiger partial charge on any atom is -0.322 e. The van der Waals surface area contributed by atoms with Crippen LogP contribution in [0.1, 0.15) is 10.4 Å². The van der Waals surface area contributed by atoms with Gasteiger partial charge in [0.1, 0.15) is 11.5 Å². The number of nitrogens with two attached hydrogens (primary N) is 1. The number of halogens is 1. The van der Waals surface area contributed by atoms with Crippen molar-refractivity contribution in [1.82, 2.24) is 19.6 Å². The Balaban J connectivity index is 1.42. The molecular weight excluding hydrogens is 459 g/mol. The van der Waals surface area contributed by atoms with Gasteiger partial charge in [-0.15, -0.1) is 0 Å². The van der Waals surface area contributed by atoms with Crippen LogP contribution >= 0.6 is 0 Å². The van der Waals surface area contributed by atoms with Crippen molar-refractivity contribution in [3.05, 3.63) is 90.8 Å². The molecule has 5 rings (SSSR count). The van der Waals surface area contributed by atoms with E-state index in [1.807, 2.05) is 22.7 Å². The maximum absolute atomic E-state index is 14.9. The van der Waals surface area contributed by atoms with Gasteiger partial charge >= 0.3 is 0 Å². The van der Waals surface area contributed by atoms with E-state index in [1.165, 1.54) is 36.4 Å². The summed E-state index contributed by atoms with van der Waals surface area (Å²) in [5, 5.41) is 14.3. The van der Waals surface area contributed by atoms with Gasteiger partial charge in [-0.1, -0.05) is 6.07 Å². The van der Waals surface area contributed by atoms with Gasteiger partial charge in [0.2, 0.25) is 10.0 Å². The summed E-state index contributed by atoms with van der Waals surface area (Å²) in [4.78, 5) is 16.9. The van der Waals surface area contributed by atoms with E-state index in [4.69, 9.17) is 5.14 Å². The lowest BCUT2D eigenvalue weighted by Gasteiger charge is -2.09. The van der Waals surface area contributed by atoms with Gasteiger partial charge in [-0.05, 0) is 48.5 Å². The van der Waals surface area contributed by atoms with Crippen LogP contribution in [0, 0.1) is 5.82 Å². The van der Waals surface area contributed by atoms with E-state index >= 15 is 0 Å². The highest BCUT2D eigenvalue weighted by atomic mass is 32.2. The van der Waals surface area contributed by atoms with E-state index in [0.29, 0.717) is 22.6 Å². The molecule has 2 aromatic carbocycles. The van der Waals surface area contributed by atoms with Gasteiger partial charge in [0.05, 0.1) is 28.5 Å². The monoisotopic (exact) mass is 476 g/mol. The fourth-order valence-electron chi connectivity index (χ4n) is 3.56. The molecule has 0 saturated carbocycles. The summed E-state index contributed by atoms with van der Waals surface area (Å²) in [7, 11) is -3.85. The number of sulfonamides is 1. The number of hydrogen-bond donors (Lipinski definition) is 3. The van der Waals surface area contributed by atoms with E-state index < -0.39 is 21.7 Å². The molecule has 170 valence electrons. The topological polar surface area (TPSA) is 135 Å². The minimum atomic E-state index is -3.85. The molecule has 0 radical (unpaired) electrons. The summed E-state index contributed by atoms with van der Waals surface area (Å²) >= 11 is 0. The van der Waals surface area contributed by atoms with E-state index in [2.05, 4.69) is 20.5 Å². The predicted molar refractivity (Wildman–Crippen MR) is 124 cm³/mol. The Kier molecular flexibility index (Phi) is 5.19. The number of rotatable bonds is 5. The average molecular weight is 476 g/mol. The zero-order chi connectivity index (χ0) is 23.9. The number of benzene rings is 2. The standard InChI is InChI=1S/C23H17FN6O3S/c24-20-9-14(21-12-26-22-8-2-15(13-30(21)22)16-10-27-28-11-16)1-7-19(20)23(31)29-17-3-5-18(6-4-17)34(25,32)33/h1-13H,(H,27,28)(H,29,31)(H2,25,32,33). The molecule has 0 saturated heterocycles. The third-order valence-corrected chi connectivity index (χ3v) is 6.22. The van der Waals surface area contributed by atoms with Crippen LogP contribution in [0.15, 0.2) is 84.3 Å². The van der Waals surface area contributed by atoms with Crippen molar-refractivity contribution >= 4 is 27.3 Å². The Morgan fingerprint density at radius 3 is 2.44 bits per heavy atom. The number of amides is 1.